The van der Waals surface area contributed by atoms with E-state index in [9.17, 15) is 9.50 Å². The van der Waals surface area contributed by atoms with E-state index in [-0.39, 0.29) is 33.2 Å². The van der Waals surface area contributed by atoms with Gasteiger partial charge in [-0.2, -0.15) is 4.39 Å². The fourth-order valence-corrected chi connectivity index (χ4v) is 4.16. The molecule has 0 aromatic carbocycles. The van der Waals surface area contributed by atoms with Crippen LogP contribution in [0.2, 0.25) is 0 Å². The number of aliphatic hydroxyl groups is 1. The summed E-state index contributed by atoms with van der Waals surface area (Å²) in [5, 5.41) is 10.2. The first kappa shape index (κ1) is 16.9. The molecule has 1 N–H and O–H groups in total. The van der Waals surface area contributed by atoms with Crippen molar-refractivity contribution in [3.8, 4) is 0 Å². The summed E-state index contributed by atoms with van der Waals surface area (Å²) in [5.41, 5.74) is -0.590. The molecule has 2 saturated heterocycles. The van der Waals surface area contributed by atoms with Gasteiger partial charge in [0.05, 0.1) is 43.0 Å². The lowest BCUT2D eigenvalue weighted by Crippen LogP contribution is -2.54. The maximum Gasteiger partial charge on any atom is 0.194 e. The van der Waals surface area contributed by atoms with Crippen molar-refractivity contribution in [1.82, 2.24) is 0 Å². The van der Waals surface area contributed by atoms with Crippen LogP contribution in [0.3, 0.4) is 0 Å². The average Bonchev–Trinajstić information content (AvgIpc) is 3.36. The molecule has 1 aliphatic carbocycles. The van der Waals surface area contributed by atoms with Crippen LogP contribution in [0.4, 0.5) is 4.39 Å². The molecule has 22 heavy (non-hydrogen) atoms. The minimum absolute atomic E-state index is 0.00982. The van der Waals surface area contributed by atoms with Gasteiger partial charge in [0.2, 0.25) is 0 Å². The van der Waals surface area contributed by atoms with Crippen molar-refractivity contribution in [3.63, 3.8) is 0 Å². The van der Waals surface area contributed by atoms with Crippen LogP contribution in [0, 0.1) is 5.92 Å². The van der Waals surface area contributed by atoms with Gasteiger partial charge in [-0.05, 0) is 42.4 Å². The second-order valence-electron chi connectivity index (χ2n) is 6.49. The van der Waals surface area contributed by atoms with Crippen LogP contribution in [0.1, 0.15) is 26.2 Å². The molecular weight excluding hydrogens is 406 g/mol. The summed E-state index contributed by atoms with van der Waals surface area (Å²) >= 11 is 1.56. The number of hydrogen-bond donors (Lipinski definition) is 1. The highest BCUT2D eigenvalue weighted by Crippen LogP contribution is 2.59. The Morgan fingerprint density at radius 3 is 2.86 bits per heavy atom. The molecule has 126 valence electrons. The zero-order valence-corrected chi connectivity index (χ0v) is 14.9. The van der Waals surface area contributed by atoms with Gasteiger partial charge in [-0.15, -0.1) is 0 Å². The number of epoxide rings is 2. The first-order chi connectivity index (χ1) is 10.4. The maximum absolute atomic E-state index is 12.6. The van der Waals surface area contributed by atoms with E-state index in [1.165, 1.54) is 0 Å². The SMILES string of the molecule is CO[C@@H]1[C@H](O)CC[C@]2(CO2)[C@H]1C1(C)O[C@@H]1CCOC=C(F)I. The normalized spacial score (nSPS) is 47.6. The minimum Gasteiger partial charge on any atom is -0.498 e. The van der Waals surface area contributed by atoms with Gasteiger partial charge in [0.1, 0.15) is 11.9 Å². The van der Waals surface area contributed by atoms with E-state index in [4.69, 9.17) is 18.9 Å². The molecule has 2 heterocycles. The van der Waals surface area contributed by atoms with Crippen LogP contribution < -0.4 is 0 Å². The fourth-order valence-electron chi connectivity index (χ4n) is 3.98. The summed E-state index contributed by atoms with van der Waals surface area (Å²) in [4.78, 5) is 0. The van der Waals surface area contributed by atoms with E-state index < -0.39 is 6.10 Å². The molecule has 7 heteroatoms. The fraction of sp³-hybridized carbons (Fsp3) is 0.867. The van der Waals surface area contributed by atoms with Gasteiger partial charge >= 0.3 is 0 Å². The highest BCUT2D eigenvalue weighted by Gasteiger charge is 2.71. The standard InChI is InChI=1S/C15H22FIO5/c1-14(10(22-14)4-6-20-7-11(16)17)13-12(19-2)9(18)3-5-15(13)8-21-15/h7,9-10,12-13,18H,3-6,8H2,1-2H3/t9-,10-,12-,13-,14?,15+/m1/s1. The molecule has 5 nitrogen and oxygen atoms in total. The third kappa shape index (κ3) is 3.02. The van der Waals surface area contributed by atoms with Crippen LogP contribution in [-0.2, 0) is 18.9 Å². The van der Waals surface area contributed by atoms with Gasteiger partial charge in [0.15, 0.2) is 3.83 Å². The Kier molecular flexibility index (Phi) is 4.73. The summed E-state index contributed by atoms with van der Waals surface area (Å²) in [6.45, 7) is 3.15. The van der Waals surface area contributed by atoms with Crippen molar-refractivity contribution >= 4 is 22.6 Å². The van der Waals surface area contributed by atoms with Crippen LogP contribution >= 0.6 is 22.6 Å². The molecule has 2 aliphatic heterocycles. The first-order valence-electron chi connectivity index (χ1n) is 7.58. The number of hydrogen-bond acceptors (Lipinski definition) is 5. The molecule has 0 bridgehead atoms. The third-order valence-electron chi connectivity index (χ3n) is 5.19. The summed E-state index contributed by atoms with van der Waals surface area (Å²) in [6.07, 6.45) is 2.57. The van der Waals surface area contributed by atoms with Crippen molar-refractivity contribution < 1.29 is 28.4 Å². The molecule has 0 amide bonds. The molecule has 3 aliphatic rings. The van der Waals surface area contributed by atoms with E-state index >= 15 is 0 Å². The van der Waals surface area contributed by atoms with Crippen LogP contribution in [0.15, 0.2) is 10.1 Å². The number of halogens is 2. The zero-order valence-electron chi connectivity index (χ0n) is 12.8. The molecule has 1 saturated carbocycles. The third-order valence-corrected chi connectivity index (χ3v) is 5.45. The van der Waals surface area contributed by atoms with Crippen LogP contribution in [-0.4, -0.2) is 54.9 Å². The van der Waals surface area contributed by atoms with Crippen molar-refractivity contribution in [2.45, 2.75) is 55.7 Å². The smallest absolute Gasteiger partial charge is 0.194 e. The van der Waals surface area contributed by atoms with Crippen LogP contribution in [0.5, 0.6) is 0 Å². The Morgan fingerprint density at radius 2 is 2.27 bits per heavy atom. The highest BCUT2D eigenvalue weighted by atomic mass is 127. The zero-order chi connectivity index (χ0) is 16.0. The topological polar surface area (TPSA) is 63.8 Å². The molecule has 6 atom stereocenters. The Hall–Kier alpha value is 0.0400. The molecule has 0 aromatic rings. The predicted molar refractivity (Wildman–Crippen MR) is 85.3 cm³/mol. The first-order valence-corrected chi connectivity index (χ1v) is 8.66. The summed E-state index contributed by atoms with van der Waals surface area (Å²) < 4.78 is 34.6. The lowest BCUT2D eigenvalue weighted by molar-refractivity contribution is -0.116. The van der Waals surface area contributed by atoms with Crippen molar-refractivity contribution in [2.75, 3.05) is 20.3 Å². The monoisotopic (exact) mass is 428 g/mol. The number of aliphatic hydroxyl groups excluding tert-OH is 1. The van der Waals surface area contributed by atoms with Gasteiger partial charge in [0.25, 0.3) is 0 Å². The maximum atomic E-state index is 12.6. The van der Waals surface area contributed by atoms with Gasteiger partial charge < -0.3 is 24.1 Å². The lowest BCUT2D eigenvalue weighted by atomic mass is 9.68. The highest BCUT2D eigenvalue weighted by molar-refractivity contribution is 14.1. The molecule has 3 fully saturated rings. The van der Waals surface area contributed by atoms with Crippen molar-refractivity contribution in [3.05, 3.63) is 10.1 Å². The van der Waals surface area contributed by atoms with E-state index in [0.29, 0.717) is 26.1 Å². The Balaban J connectivity index is 1.63. The molecule has 1 unspecified atom stereocenters. The van der Waals surface area contributed by atoms with E-state index in [2.05, 4.69) is 0 Å². The van der Waals surface area contributed by atoms with Crippen LogP contribution in [0.25, 0.3) is 0 Å². The van der Waals surface area contributed by atoms with Crippen molar-refractivity contribution in [2.24, 2.45) is 5.92 Å². The van der Waals surface area contributed by atoms with Gasteiger partial charge in [-0.25, -0.2) is 0 Å². The van der Waals surface area contributed by atoms with E-state index in [1.54, 1.807) is 29.7 Å². The number of methoxy groups -OCH3 is 1. The number of ether oxygens (including phenoxy) is 4. The Labute approximate surface area is 143 Å². The molecule has 0 radical (unpaired) electrons. The summed E-state index contributed by atoms with van der Waals surface area (Å²) in [7, 11) is 1.63. The average molecular weight is 428 g/mol. The summed E-state index contributed by atoms with van der Waals surface area (Å²) in [5.74, 6) is 0.00982. The second-order valence-corrected chi connectivity index (χ2v) is 7.53. The molecule has 0 aromatic heterocycles. The second kappa shape index (κ2) is 6.16. The Morgan fingerprint density at radius 1 is 1.55 bits per heavy atom. The van der Waals surface area contributed by atoms with Gasteiger partial charge in [-0.1, -0.05) is 0 Å². The number of rotatable bonds is 6. The lowest BCUT2D eigenvalue weighted by Gasteiger charge is -2.41. The Bertz CT molecular complexity index is 451. The van der Waals surface area contributed by atoms with Crippen molar-refractivity contribution in [1.29, 1.82) is 0 Å². The van der Waals surface area contributed by atoms with Gasteiger partial charge in [-0.3, -0.25) is 0 Å². The minimum atomic E-state index is -0.487. The van der Waals surface area contributed by atoms with E-state index in [1.807, 2.05) is 6.92 Å². The van der Waals surface area contributed by atoms with E-state index in [0.717, 1.165) is 12.7 Å². The van der Waals surface area contributed by atoms with Gasteiger partial charge in [0, 0.05) is 13.5 Å². The largest absolute Gasteiger partial charge is 0.498 e. The molecular formula is C15H22FIO5. The predicted octanol–water partition coefficient (Wildman–Crippen LogP) is 2.31. The molecule has 1 spiro atoms. The quantitative estimate of drug-likeness (QED) is 0.305. The summed E-state index contributed by atoms with van der Waals surface area (Å²) in [6, 6.07) is 0. The molecule has 3 rings (SSSR count).